The molecule has 7 heteroatoms. The first-order valence-electron chi connectivity index (χ1n) is 8.79. The number of benzene rings is 1. The van der Waals surface area contributed by atoms with Crippen molar-refractivity contribution in [1.82, 2.24) is 19.9 Å². The van der Waals surface area contributed by atoms with Crippen LogP contribution < -0.4 is 11.1 Å². The minimum Gasteiger partial charge on any atom is -0.352 e. The molecule has 0 aliphatic heterocycles. The van der Waals surface area contributed by atoms with E-state index in [9.17, 15) is 4.79 Å². The van der Waals surface area contributed by atoms with Crippen LogP contribution in [0.2, 0.25) is 0 Å². The maximum Gasteiger partial charge on any atom is 0.312 e. The Morgan fingerprint density at radius 3 is 2.63 bits per heavy atom. The van der Waals surface area contributed by atoms with Gasteiger partial charge in [-0.25, -0.2) is 9.78 Å². The Kier molecular flexibility index (Phi) is 6.13. The lowest BCUT2D eigenvalue weighted by atomic mass is 10.1. The highest BCUT2D eigenvalue weighted by molar-refractivity contribution is 7.99. The van der Waals surface area contributed by atoms with E-state index in [1.807, 2.05) is 36.5 Å². The van der Waals surface area contributed by atoms with Crippen molar-refractivity contribution >= 4 is 17.8 Å². The van der Waals surface area contributed by atoms with Gasteiger partial charge in [-0.3, -0.25) is 4.98 Å². The van der Waals surface area contributed by atoms with Crippen molar-refractivity contribution in [3.05, 3.63) is 71.9 Å². The SMILES string of the molecule is CC(C)c1nc(CNC(N)=O)n(Cc2cccnc2)c1Sc1ccccc1. The van der Waals surface area contributed by atoms with Crippen molar-refractivity contribution in [2.24, 2.45) is 5.73 Å². The quantitative estimate of drug-likeness (QED) is 0.652. The van der Waals surface area contributed by atoms with Gasteiger partial charge in [-0.05, 0) is 29.7 Å². The van der Waals surface area contributed by atoms with Gasteiger partial charge >= 0.3 is 6.03 Å². The van der Waals surface area contributed by atoms with Gasteiger partial charge in [-0.15, -0.1) is 0 Å². The number of imidazole rings is 1. The minimum atomic E-state index is -0.561. The number of aromatic nitrogens is 3. The number of carbonyl (C=O) groups excluding carboxylic acids is 1. The molecular formula is C20H23N5OS. The molecule has 0 atom stereocenters. The van der Waals surface area contributed by atoms with Crippen LogP contribution in [0.1, 0.15) is 36.8 Å². The molecule has 27 heavy (non-hydrogen) atoms. The number of nitrogens with zero attached hydrogens (tertiary/aromatic N) is 3. The summed E-state index contributed by atoms with van der Waals surface area (Å²) in [7, 11) is 0. The van der Waals surface area contributed by atoms with E-state index in [0.717, 1.165) is 27.0 Å². The van der Waals surface area contributed by atoms with E-state index >= 15 is 0 Å². The molecule has 2 heterocycles. The van der Waals surface area contributed by atoms with Gasteiger partial charge in [0.15, 0.2) is 0 Å². The number of carbonyl (C=O) groups is 1. The molecule has 2 amide bonds. The lowest BCUT2D eigenvalue weighted by Crippen LogP contribution is -2.30. The number of rotatable bonds is 7. The second-order valence-electron chi connectivity index (χ2n) is 6.45. The molecule has 0 spiro atoms. The average Bonchev–Trinajstić information content (AvgIpc) is 2.99. The lowest BCUT2D eigenvalue weighted by molar-refractivity contribution is 0.248. The Balaban J connectivity index is 2.04. The van der Waals surface area contributed by atoms with Crippen LogP contribution in [0, 0.1) is 0 Å². The summed E-state index contributed by atoms with van der Waals surface area (Å²) in [6.07, 6.45) is 3.60. The molecule has 0 saturated carbocycles. The third-order valence-corrected chi connectivity index (χ3v) is 5.14. The molecule has 0 aliphatic rings. The van der Waals surface area contributed by atoms with Crippen LogP contribution in [-0.2, 0) is 13.1 Å². The number of urea groups is 1. The smallest absolute Gasteiger partial charge is 0.312 e. The second-order valence-corrected chi connectivity index (χ2v) is 7.52. The Bertz CT molecular complexity index is 893. The summed E-state index contributed by atoms with van der Waals surface area (Å²) in [5, 5.41) is 3.73. The molecular weight excluding hydrogens is 358 g/mol. The third kappa shape index (κ3) is 4.89. The summed E-state index contributed by atoms with van der Waals surface area (Å²) in [6, 6.07) is 13.6. The average molecular weight is 382 g/mol. The van der Waals surface area contributed by atoms with Crippen LogP contribution in [0.3, 0.4) is 0 Å². The highest BCUT2D eigenvalue weighted by Gasteiger charge is 2.21. The van der Waals surface area contributed by atoms with Crippen molar-refractivity contribution in [1.29, 1.82) is 0 Å². The zero-order valence-corrected chi connectivity index (χ0v) is 16.2. The molecule has 140 valence electrons. The van der Waals surface area contributed by atoms with Gasteiger partial charge in [0.2, 0.25) is 0 Å². The molecule has 0 bridgehead atoms. The molecule has 3 rings (SSSR count). The van der Waals surface area contributed by atoms with Crippen LogP contribution in [0.5, 0.6) is 0 Å². The van der Waals surface area contributed by atoms with Crippen LogP contribution in [0.15, 0.2) is 64.8 Å². The first-order valence-corrected chi connectivity index (χ1v) is 9.60. The Morgan fingerprint density at radius 1 is 1.22 bits per heavy atom. The minimum absolute atomic E-state index is 0.249. The molecule has 0 saturated heterocycles. The standard InChI is InChI=1S/C20H23N5OS/c1-14(2)18-19(27-16-8-4-3-5-9-16)25(13-15-7-6-10-22-11-15)17(24-18)12-23-20(21)26/h3-11,14H,12-13H2,1-2H3,(H3,21,23,26). The van der Waals surface area contributed by atoms with Gasteiger partial charge < -0.3 is 15.6 Å². The van der Waals surface area contributed by atoms with Gasteiger partial charge in [-0.2, -0.15) is 0 Å². The van der Waals surface area contributed by atoms with Crippen LogP contribution in [-0.4, -0.2) is 20.6 Å². The maximum atomic E-state index is 11.2. The number of pyridine rings is 1. The molecule has 0 unspecified atom stereocenters. The van der Waals surface area contributed by atoms with E-state index in [1.54, 1.807) is 18.0 Å². The molecule has 2 aromatic heterocycles. The van der Waals surface area contributed by atoms with E-state index in [4.69, 9.17) is 10.7 Å². The summed E-state index contributed by atoms with van der Waals surface area (Å²) < 4.78 is 2.14. The Hall–Kier alpha value is -2.80. The van der Waals surface area contributed by atoms with Gasteiger partial charge in [0.05, 0.1) is 18.8 Å². The lowest BCUT2D eigenvalue weighted by Gasteiger charge is -2.13. The summed E-state index contributed by atoms with van der Waals surface area (Å²) in [5.74, 6) is 1.03. The van der Waals surface area contributed by atoms with E-state index in [1.165, 1.54) is 0 Å². The second kappa shape index (κ2) is 8.73. The third-order valence-electron chi connectivity index (χ3n) is 4.01. The molecule has 0 aliphatic carbocycles. The number of hydrogen-bond donors (Lipinski definition) is 2. The fourth-order valence-electron chi connectivity index (χ4n) is 2.72. The summed E-state index contributed by atoms with van der Waals surface area (Å²) in [4.78, 5) is 21.4. The summed E-state index contributed by atoms with van der Waals surface area (Å²) in [6.45, 7) is 5.15. The Morgan fingerprint density at radius 2 is 2.00 bits per heavy atom. The topological polar surface area (TPSA) is 85.8 Å². The predicted octanol–water partition coefficient (Wildman–Crippen LogP) is 3.77. The first kappa shape index (κ1) is 19.0. The number of hydrogen-bond acceptors (Lipinski definition) is 4. The molecule has 0 radical (unpaired) electrons. The largest absolute Gasteiger partial charge is 0.352 e. The van der Waals surface area contributed by atoms with E-state index < -0.39 is 6.03 Å². The normalized spacial score (nSPS) is 10.9. The molecule has 0 fully saturated rings. The van der Waals surface area contributed by atoms with E-state index in [-0.39, 0.29) is 12.5 Å². The number of nitrogens with one attached hydrogen (secondary N) is 1. The zero-order valence-electron chi connectivity index (χ0n) is 15.4. The van der Waals surface area contributed by atoms with Crippen molar-refractivity contribution in [2.45, 2.75) is 42.8 Å². The zero-order chi connectivity index (χ0) is 19.2. The highest BCUT2D eigenvalue weighted by atomic mass is 32.2. The van der Waals surface area contributed by atoms with Crippen LogP contribution in [0.25, 0.3) is 0 Å². The molecule has 1 aromatic carbocycles. The molecule has 6 nitrogen and oxygen atoms in total. The van der Waals surface area contributed by atoms with E-state index in [2.05, 4.69) is 40.8 Å². The number of nitrogens with two attached hydrogens (primary N) is 1. The van der Waals surface area contributed by atoms with Gasteiger partial charge in [0.25, 0.3) is 0 Å². The Labute approximate surface area is 163 Å². The van der Waals surface area contributed by atoms with Crippen molar-refractivity contribution in [3.8, 4) is 0 Å². The fraction of sp³-hybridized carbons (Fsp3) is 0.250. The molecule has 3 aromatic rings. The van der Waals surface area contributed by atoms with Crippen molar-refractivity contribution in [3.63, 3.8) is 0 Å². The maximum absolute atomic E-state index is 11.2. The highest BCUT2D eigenvalue weighted by Crippen LogP contribution is 2.35. The first-order chi connectivity index (χ1) is 13.0. The van der Waals surface area contributed by atoms with Gasteiger partial charge in [0, 0.05) is 17.3 Å². The van der Waals surface area contributed by atoms with Crippen molar-refractivity contribution < 1.29 is 4.79 Å². The molecule has 3 N–H and O–H groups in total. The van der Waals surface area contributed by atoms with Crippen LogP contribution >= 0.6 is 11.8 Å². The number of primary amides is 1. The van der Waals surface area contributed by atoms with Crippen molar-refractivity contribution in [2.75, 3.05) is 0 Å². The summed E-state index contributed by atoms with van der Waals surface area (Å²) in [5.41, 5.74) is 7.35. The van der Waals surface area contributed by atoms with Gasteiger partial charge in [-0.1, -0.05) is 49.9 Å². The van der Waals surface area contributed by atoms with Gasteiger partial charge in [0.1, 0.15) is 10.9 Å². The van der Waals surface area contributed by atoms with E-state index in [0.29, 0.717) is 6.54 Å². The summed E-state index contributed by atoms with van der Waals surface area (Å²) >= 11 is 1.68. The number of amides is 2. The fourth-order valence-corrected chi connectivity index (χ4v) is 3.91. The van der Waals surface area contributed by atoms with Crippen LogP contribution in [0.4, 0.5) is 4.79 Å². The predicted molar refractivity (Wildman–Crippen MR) is 107 cm³/mol. The monoisotopic (exact) mass is 381 g/mol.